The van der Waals surface area contributed by atoms with Gasteiger partial charge in [0.1, 0.15) is 5.69 Å². The van der Waals surface area contributed by atoms with Gasteiger partial charge in [0.05, 0.1) is 5.02 Å². The minimum atomic E-state index is -0.0853. The summed E-state index contributed by atoms with van der Waals surface area (Å²) in [4.78, 5) is 16.3. The highest BCUT2D eigenvalue weighted by Crippen LogP contribution is 2.11. The zero-order chi connectivity index (χ0) is 11.3. The molecule has 0 radical (unpaired) electrons. The molecular formula is C10H15ClN2O2. The van der Waals surface area contributed by atoms with Crippen molar-refractivity contribution in [2.24, 2.45) is 0 Å². The van der Waals surface area contributed by atoms with E-state index in [-0.39, 0.29) is 12.5 Å². The molecule has 2 N–H and O–H groups in total. The molecule has 5 heteroatoms. The van der Waals surface area contributed by atoms with E-state index in [1.807, 2.05) is 6.92 Å². The van der Waals surface area contributed by atoms with Crippen LogP contribution in [0.15, 0.2) is 12.3 Å². The summed E-state index contributed by atoms with van der Waals surface area (Å²) in [6, 6.07) is 1.60. The third-order valence-electron chi connectivity index (χ3n) is 2.13. The molecule has 0 unspecified atom stereocenters. The molecule has 0 aliphatic carbocycles. The zero-order valence-electron chi connectivity index (χ0n) is 8.66. The van der Waals surface area contributed by atoms with Crippen molar-refractivity contribution in [3.63, 3.8) is 0 Å². The minimum Gasteiger partial charge on any atom is -0.396 e. The molecule has 0 saturated heterocycles. The van der Waals surface area contributed by atoms with Crippen molar-refractivity contribution in [1.82, 2.24) is 9.88 Å². The maximum absolute atomic E-state index is 11.8. The van der Waals surface area contributed by atoms with Crippen LogP contribution in [0, 0.1) is 0 Å². The van der Waals surface area contributed by atoms with E-state index in [9.17, 15) is 4.79 Å². The normalized spacial score (nSPS) is 10.3. The summed E-state index contributed by atoms with van der Waals surface area (Å²) < 4.78 is 0. The zero-order valence-corrected chi connectivity index (χ0v) is 9.42. The number of aromatic amines is 1. The lowest BCUT2D eigenvalue weighted by molar-refractivity contribution is 0.0749. The van der Waals surface area contributed by atoms with E-state index in [0.29, 0.717) is 30.2 Å². The predicted molar refractivity (Wildman–Crippen MR) is 59.1 cm³/mol. The Kier molecular flexibility index (Phi) is 4.65. The van der Waals surface area contributed by atoms with Crippen molar-refractivity contribution in [2.75, 3.05) is 19.7 Å². The highest BCUT2D eigenvalue weighted by atomic mass is 35.5. The molecule has 1 rings (SSSR count). The monoisotopic (exact) mass is 230 g/mol. The molecule has 0 fully saturated rings. The van der Waals surface area contributed by atoms with Crippen LogP contribution in [0.4, 0.5) is 0 Å². The number of aliphatic hydroxyl groups excluding tert-OH is 1. The maximum Gasteiger partial charge on any atom is 0.270 e. The Balaban J connectivity index is 2.64. The van der Waals surface area contributed by atoms with Gasteiger partial charge in [0.25, 0.3) is 5.91 Å². The van der Waals surface area contributed by atoms with E-state index in [2.05, 4.69) is 4.98 Å². The van der Waals surface area contributed by atoms with Gasteiger partial charge >= 0.3 is 0 Å². The first kappa shape index (κ1) is 12.1. The van der Waals surface area contributed by atoms with Gasteiger partial charge in [0.15, 0.2) is 0 Å². The molecule has 0 aliphatic rings. The fourth-order valence-corrected chi connectivity index (χ4v) is 1.49. The van der Waals surface area contributed by atoms with Gasteiger partial charge < -0.3 is 15.0 Å². The van der Waals surface area contributed by atoms with E-state index in [4.69, 9.17) is 16.7 Å². The average Bonchev–Trinajstić information content (AvgIpc) is 2.65. The van der Waals surface area contributed by atoms with Crippen LogP contribution in [-0.4, -0.2) is 40.6 Å². The topological polar surface area (TPSA) is 56.3 Å². The Morgan fingerprint density at radius 1 is 1.67 bits per heavy atom. The van der Waals surface area contributed by atoms with Crippen LogP contribution in [0.25, 0.3) is 0 Å². The fourth-order valence-electron chi connectivity index (χ4n) is 1.33. The molecule has 0 bridgehead atoms. The summed E-state index contributed by atoms with van der Waals surface area (Å²) >= 11 is 5.71. The quantitative estimate of drug-likeness (QED) is 0.806. The number of H-pyrrole nitrogens is 1. The molecular weight excluding hydrogens is 216 g/mol. The second-order valence-corrected chi connectivity index (χ2v) is 3.63. The Labute approximate surface area is 93.8 Å². The summed E-state index contributed by atoms with van der Waals surface area (Å²) in [7, 11) is 0. The van der Waals surface area contributed by atoms with E-state index in [1.165, 1.54) is 0 Å². The first-order chi connectivity index (χ1) is 7.19. The lowest BCUT2D eigenvalue weighted by Gasteiger charge is -2.19. The smallest absolute Gasteiger partial charge is 0.270 e. The largest absolute Gasteiger partial charge is 0.396 e. The average molecular weight is 231 g/mol. The molecule has 1 heterocycles. The number of hydrogen-bond donors (Lipinski definition) is 2. The molecule has 0 spiro atoms. The van der Waals surface area contributed by atoms with Gasteiger partial charge in [-0.15, -0.1) is 0 Å². The second-order valence-electron chi connectivity index (χ2n) is 3.19. The number of nitrogens with zero attached hydrogens (tertiary/aromatic N) is 1. The molecule has 15 heavy (non-hydrogen) atoms. The first-order valence-corrected chi connectivity index (χ1v) is 5.31. The molecule has 0 saturated carbocycles. The molecule has 1 aromatic rings. The Morgan fingerprint density at radius 3 is 2.87 bits per heavy atom. The van der Waals surface area contributed by atoms with E-state index in [1.54, 1.807) is 17.2 Å². The van der Waals surface area contributed by atoms with Crippen LogP contribution < -0.4 is 0 Å². The Hall–Kier alpha value is -1.00. The molecule has 0 aliphatic heterocycles. The van der Waals surface area contributed by atoms with Gasteiger partial charge in [-0.25, -0.2) is 0 Å². The van der Waals surface area contributed by atoms with E-state index >= 15 is 0 Å². The molecule has 84 valence electrons. The number of rotatable bonds is 5. The van der Waals surface area contributed by atoms with Crippen molar-refractivity contribution < 1.29 is 9.90 Å². The van der Waals surface area contributed by atoms with E-state index < -0.39 is 0 Å². The summed E-state index contributed by atoms with van der Waals surface area (Å²) in [6.45, 7) is 3.17. The standard InChI is InChI=1S/C10H15ClN2O2/c1-2-13(4-3-5-14)10(15)9-6-8(11)7-12-9/h6-7,12,14H,2-5H2,1H3. The molecule has 0 atom stereocenters. The van der Waals surface area contributed by atoms with Crippen LogP contribution in [0.3, 0.4) is 0 Å². The number of hydrogen-bond acceptors (Lipinski definition) is 2. The van der Waals surface area contributed by atoms with Gasteiger partial charge in [-0.3, -0.25) is 4.79 Å². The van der Waals surface area contributed by atoms with Crippen molar-refractivity contribution >= 4 is 17.5 Å². The Bertz CT molecular complexity index is 325. The van der Waals surface area contributed by atoms with Crippen molar-refractivity contribution in [2.45, 2.75) is 13.3 Å². The molecule has 4 nitrogen and oxygen atoms in total. The van der Waals surface area contributed by atoms with Crippen LogP contribution >= 0.6 is 11.6 Å². The van der Waals surface area contributed by atoms with Crippen molar-refractivity contribution in [3.8, 4) is 0 Å². The second kappa shape index (κ2) is 5.78. The van der Waals surface area contributed by atoms with Crippen LogP contribution in [0.5, 0.6) is 0 Å². The first-order valence-electron chi connectivity index (χ1n) is 4.93. The maximum atomic E-state index is 11.8. The highest BCUT2D eigenvalue weighted by molar-refractivity contribution is 6.30. The van der Waals surface area contributed by atoms with Crippen molar-refractivity contribution in [1.29, 1.82) is 0 Å². The van der Waals surface area contributed by atoms with Gasteiger partial charge in [0.2, 0.25) is 0 Å². The minimum absolute atomic E-state index is 0.0853. The van der Waals surface area contributed by atoms with Crippen LogP contribution in [0.2, 0.25) is 5.02 Å². The van der Waals surface area contributed by atoms with Crippen molar-refractivity contribution in [3.05, 3.63) is 23.0 Å². The van der Waals surface area contributed by atoms with Gasteiger partial charge in [0, 0.05) is 25.9 Å². The van der Waals surface area contributed by atoms with Gasteiger partial charge in [-0.05, 0) is 19.4 Å². The lowest BCUT2D eigenvalue weighted by atomic mass is 10.3. The molecule has 0 aromatic carbocycles. The van der Waals surface area contributed by atoms with E-state index in [0.717, 1.165) is 0 Å². The number of aromatic nitrogens is 1. The third kappa shape index (κ3) is 3.25. The summed E-state index contributed by atoms with van der Waals surface area (Å²) in [5.74, 6) is -0.0853. The predicted octanol–water partition coefficient (Wildman–Crippen LogP) is 1.51. The summed E-state index contributed by atoms with van der Waals surface area (Å²) in [5.41, 5.74) is 0.486. The number of nitrogens with one attached hydrogen (secondary N) is 1. The van der Waals surface area contributed by atoms with Crippen LogP contribution in [-0.2, 0) is 0 Å². The number of aliphatic hydroxyl groups is 1. The number of halogens is 1. The lowest BCUT2D eigenvalue weighted by Crippen LogP contribution is -2.32. The summed E-state index contributed by atoms with van der Waals surface area (Å²) in [5, 5.41) is 9.22. The number of carbonyl (C=O) groups is 1. The van der Waals surface area contributed by atoms with Gasteiger partial charge in [-0.1, -0.05) is 11.6 Å². The summed E-state index contributed by atoms with van der Waals surface area (Å²) in [6.07, 6.45) is 2.17. The molecule has 1 amide bonds. The molecule has 1 aromatic heterocycles. The highest BCUT2D eigenvalue weighted by Gasteiger charge is 2.14. The number of amides is 1. The van der Waals surface area contributed by atoms with Gasteiger partial charge in [-0.2, -0.15) is 0 Å². The Morgan fingerprint density at radius 2 is 2.40 bits per heavy atom. The fraction of sp³-hybridized carbons (Fsp3) is 0.500. The van der Waals surface area contributed by atoms with Crippen LogP contribution in [0.1, 0.15) is 23.8 Å². The third-order valence-corrected chi connectivity index (χ3v) is 2.35. The number of carbonyl (C=O) groups excluding carboxylic acids is 1. The SMILES string of the molecule is CCN(CCCO)C(=O)c1cc(Cl)c[nH]1.